The maximum Gasteiger partial charge on any atom is 0.171 e. The van der Waals surface area contributed by atoms with Gasteiger partial charge >= 0.3 is 0 Å². The van der Waals surface area contributed by atoms with E-state index in [4.69, 9.17) is 11.6 Å². The molecule has 92 valence electrons. The molecule has 18 heavy (non-hydrogen) atoms. The highest BCUT2D eigenvalue weighted by Gasteiger charge is 2.34. The molecule has 0 amide bonds. The predicted octanol–water partition coefficient (Wildman–Crippen LogP) is 2.18. The van der Waals surface area contributed by atoms with E-state index < -0.39 is 17.8 Å². The second-order valence-electron chi connectivity index (χ2n) is 3.73. The number of rotatable bonds is 1. The van der Waals surface area contributed by atoms with Crippen molar-refractivity contribution in [3.8, 4) is 0 Å². The first kappa shape index (κ1) is 11.2. The summed E-state index contributed by atoms with van der Waals surface area (Å²) in [5, 5.41) is 1.52. The van der Waals surface area contributed by atoms with Crippen molar-refractivity contribution >= 4 is 28.8 Å². The summed E-state index contributed by atoms with van der Waals surface area (Å²) in [5.41, 5.74) is 3.11. The lowest BCUT2D eigenvalue weighted by Gasteiger charge is -2.26. The van der Waals surface area contributed by atoms with Crippen LogP contribution in [-0.2, 0) is 0 Å². The Morgan fingerprint density at radius 1 is 1.28 bits per heavy atom. The SMILES string of the molecule is Fc1cccc(F)c1N1NC=C2C(Cl)=NC=NC21. The van der Waals surface area contributed by atoms with Crippen LogP contribution in [0.3, 0.4) is 0 Å². The molecule has 7 heteroatoms. The number of aliphatic imine (C=N–C) groups is 2. The van der Waals surface area contributed by atoms with Crippen molar-refractivity contribution in [2.45, 2.75) is 6.17 Å². The molecule has 0 spiro atoms. The summed E-state index contributed by atoms with van der Waals surface area (Å²) in [7, 11) is 0. The lowest BCUT2D eigenvalue weighted by atomic mass is 10.2. The molecule has 0 saturated heterocycles. The van der Waals surface area contributed by atoms with E-state index in [0.29, 0.717) is 5.57 Å². The summed E-state index contributed by atoms with van der Waals surface area (Å²) in [6, 6.07) is 3.66. The quantitative estimate of drug-likeness (QED) is 0.848. The minimum Gasteiger partial charge on any atom is -0.303 e. The van der Waals surface area contributed by atoms with Gasteiger partial charge < -0.3 is 5.43 Å². The number of nitrogens with zero attached hydrogens (tertiary/aromatic N) is 3. The largest absolute Gasteiger partial charge is 0.303 e. The van der Waals surface area contributed by atoms with E-state index in [1.807, 2.05) is 0 Å². The number of hydrazine groups is 1. The number of hydrogen-bond acceptors (Lipinski definition) is 4. The molecule has 0 aliphatic carbocycles. The third-order valence-electron chi connectivity index (χ3n) is 2.68. The van der Waals surface area contributed by atoms with Gasteiger partial charge in [0.1, 0.15) is 17.2 Å². The summed E-state index contributed by atoms with van der Waals surface area (Å²) in [6.07, 6.45) is 2.18. The van der Waals surface area contributed by atoms with E-state index in [2.05, 4.69) is 15.4 Å². The maximum absolute atomic E-state index is 13.7. The van der Waals surface area contributed by atoms with E-state index in [1.54, 1.807) is 0 Å². The minimum atomic E-state index is -0.675. The van der Waals surface area contributed by atoms with Crippen molar-refractivity contribution in [2.24, 2.45) is 9.98 Å². The van der Waals surface area contributed by atoms with E-state index in [-0.39, 0.29) is 10.9 Å². The number of fused-ring (bicyclic) bond motifs is 1. The van der Waals surface area contributed by atoms with E-state index >= 15 is 0 Å². The zero-order valence-electron chi connectivity index (χ0n) is 8.94. The average molecular weight is 269 g/mol. The average Bonchev–Trinajstić information content (AvgIpc) is 2.75. The van der Waals surface area contributed by atoms with Crippen LogP contribution in [0, 0.1) is 11.6 Å². The topological polar surface area (TPSA) is 40.0 Å². The van der Waals surface area contributed by atoms with Crippen LogP contribution >= 0.6 is 11.6 Å². The minimum absolute atomic E-state index is 0.197. The van der Waals surface area contributed by atoms with Crippen molar-refractivity contribution in [2.75, 3.05) is 5.01 Å². The normalized spacial score (nSPS) is 21.3. The van der Waals surface area contributed by atoms with Gasteiger partial charge in [-0.2, -0.15) is 0 Å². The Morgan fingerprint density at radius 3 is 2.72 bits per heavy atom. The van der Waals surface area contributed by atoms with Crippen LogP contribution in [-0.4, -0.2) is 17.7 Å². The van der Waals surface area contributed by atoms with Crippen LogP contribution in [0.5, 0.6) is 0 Å². The van der Waals surface area contributed by atoms with E-state index in [1.165, 1.54) is 35.7 Å². The second kappa shape index (κ2) is 4.06. The predicted molar refractivity (Wildman–Crippen MR) is 65.6 cm³/mol. The van der Waals surface area contributed by atoms with Gasteiger partial charge in [0.25, 0.3) is 0 Å². The number of para-hydroxylation sites is 1. The summed E-state index contributed by atoms with van der Waals surface area (Å²) >= 11 is 5.89. The molecule has 2 aliphatic rings. The molecule has 1 aromatic carbocycles. The Kier molecular flexibility index (Phi) is 2.52. The standard InChI is InChI=1S/C11H7ClF2N4/c12-10-6-4-17-18(11(6)16-5-15-10)9-7(13)2-1-3-8(9)14/h1-5,11,17H. The van der Waals surface area contributed by atoms with Crippen molar-refractivity contribution in [1.82, 2.24) is 5.43 Å². The zero-order valence-corrected chi connectivity index (χ0v) is 9.70. The highest BCUT2D eigenvalue weighted by Crippen LogP contribution is 2.30. The monoisotopic (exact) mass is 268 g/mol. The molecule has 2 heterocycles. The van der Waals surface area contributed by atoms with Gasteiger partial charge in [0.15, 0.2) is 17.8 Å². The Labute approximate surface area is 106 Å². The number of anilines is 1. The van der Waals surface area contributed by atoms with Crippen LogP contribution in [0.25, 0.3) is 0 Å². The second-order valence-corrected chi connectivity index (χ2v) is 4.09. The molecule has 0 aromatic heterocycles. The smallest absolute Gasteiger partial charge is 0.171 e. The highest BCUT2D eigenvalue weighted by atomic mass is 35.5. The van der Waals surface area contributed by atoms with Gasteiger partial charge in [0, 0.05) is 6.20 Å². The lowest BCUT2D eigenvalue weighted by Crippen LogP contribution is -2.40. The molecule has 1 N–H and O–H groups in total. The molecule has 1 atom stereocenters. The molecule has 4 nitrogen and oxygen atoms in total. The number of halogens is 3. The van der Waals surface area contributed by atoms with Crippen LogP contribution in [0.4, 0.5) is 14.5 Å². The molecule has 3 rings (SSSR count). The fraction of sp³-hybridized carbons (Fsp3) is 0.0909. The third kappa shape index (κ3) is 1.57. The van der Waals surface area contributed by atoms with E-state index in [0.717, 1.165) is 0 Å². The van der Waals surface area contributed by atoms with Gasteiger partial charge in [-0.15, -0.1) is 0 Å². The van der Waals surface area contributed by atoms with Crippen molar-refractivity contribution in [1.29, 1.82) is 0 Å². The first-order valence-electron chi connectivity index (χ1n) is 5.13. The summed E-state index contributed by atoms with van der Waals surface area (Å²) < 4.78 is 27.4. The first-order chi connectivity index (χ1) is 8.68. The zero-order chi connectivity index (χ0) is 12.7. The maximum atomic E-state index is 13.7. The van der Waals surface area contributed by atoms with Gasteiger partial charge in [-0.25, -0.2) is 18.8 Å². The Balaban J connectivity index is 2.02. The molecule has 1 unspecified atom stereocenters. The molecule has 0 radical (unpaired) electrons. The Bertz CT molecular complexity index is 576. The van der Waals surface area contributed by atoms with Gasteiger partial charge in [-0.05, 0) is 12.1 Å². The molecule has 1 aromatic rings. The molecule has 0 saturated carbocycles. The van der Waals surface area contributed by atoms with Crippen LogP contribution in [0.1, 0.15) is 0 Å². The molecule has 2 aliphatic heterocycles. The Morgan fingerprint density at radius 2 is 2.00 bits per heavy atom. The number of hydrogen-bond donors (Lipinski definition) is 1. The molecular weight excluding hydrogens is 262 g/mol. The number of nitrogens with one attached hydrogen (secondary N) is 1. The van der Waals surface area contributed by atoms with Crippen LogP contribution < -0.4 is 10.4 Å². The van der Waals surface area contributed by atoms with Crippen LogP contribution in [0.15, 0.2) is 40.0 Å². The fourth-order valence-electron chi connectivity index (χ4n) is 1.86. The van der Waals surface area contributed by atoms with Gasteiger partial charge in [-0.3, -0.25) is 5.01 Å². The number of benzene rings is 1. The summed E-state index contributed by atoms with van der Waals surface area (Å²) in [6.45, 7) is 0. The molecular formula is C11H7ClF2N4. The summed E-state index contributed by atoms with van der Waals surface area (Å²) in [5.74, 6) is -1.35. The summed E-state index contributed by atoms with van der Waals surface area (Å²) in [4.78, 5) is 7.86. The first-order valence-corrected chi connectivity index (χ1v) is 5.51. The molecule has 0 bridgehead atoms. The van der Waals surface area contributed by atoms with Gasteiger partial charge in [0.05, 0.1) is 5.57 Å². The highest BCUT2D eigenvalue weighted by molar-refractivity contribution is 6.70. The fourth-order valence-corrected chi connectivity index (χ4v) is 2.06. The van der Waals surface area contributed by atoms with Crippen LogP contribution in [0.2, 0.25) is 0 Å². The van der Waals surface area contributed by atoms with Gasteiger partial charge in [-0.1, -0.05) is 17.7 Å². The van der Waals surface area contributed by atoms with Gasteiger partial charge in [0.2, 0.25) is 0 Å². The van der Waals surface area contributed by atoms with Crippen molar-refractivity contribution in [3.63, 3.8) is 0 Å². The third-order valence-corrected chi connectivity index (χ3v) is 2.99. The van der Waals surface area contributed by atoms with Crippen molar-refractivity contribution < 1.29 is 8.78 Å². The Hall–Kier alpha value is -1.95. The lowest BCUT2D eigenvalue weighted by molar-refractivity contribution is 0.555. The van der Waals surface area contributed by atoms with Crippen molar-refractivity contribution in [3.05, 3.63) is 41.6 Å². The molecule has 0 fully saturated rings. The van der Waals surface area contributed by atoms with E-state index in [9.17, 15) is 8.78 Å².